The van der Waals surface area contributed by atoms with E-state index >= 15 is 0 Å². The first-order valence-corrected chi connectivity index (χ1v) is 2.97. The Morgan fingerprint density at radius 1 is 1.80 bits per heavy atom. The van der Waals surface area contributed by atoms with Crippen molar-refractivity contribution in [3.8, 4) is 0 Å². The topological polar surface area (TPSA) is 30.2 Å². The van der Waals surface area contributed by atoms with Gasteiger partial charge >= 0.3 is 0 Å². The highest BCUT2D eigenvalue weighted by Crippen LogP contribution is 2.06. The lowest BCUT2D eigenvalue weighted by molar-refractivity contribution is 0.771. The molecule has 0 aliphatic heterocycles. The summed E-state index contributed by atoms with van der Waals surface area (Å²) in [7, 11) is 1.84. The highest BCUT2D eigenvalue weighted by molar-refractivity contribution is 5.72. The van der Waals surface area contributed by atoms with Crippen molar-refractivity contribution in [2.75, 3.05) is 0 Å². The van der Waals surface area contributed by atoms with Crippen LogP contribution in [-0.2, 0) is 7.05 Å². The van der Waals surface area contributed by atoms with E-state index in [1.807, 2.05) is 13.1 Å². The van der Waals surface area contributed by atoms with Crippen LogP contribution in [0.3, 0.4) is 0 Å². The van der Waals surface area contributed by atoms with Crippen LogP contribution >= 0.6 is 0 Å². The molecule has 10 heavy (non-hydrogen) atoms. The van der Waals surface area contributed by atoms with Crippen molar-refractivity contribution >= 4 is 12.0 Å². The molecule has 0 aliphatic rings. The van der Waals surface area contributed by atoms with Crippen LogP contribution in [0.25, 0.3) is 0 Å². The quantitative estimate of drug-likeness (QED) is 0.562. The molecule has 0 radical (unpaired) electrons. The van der Waals surface area contributed by atoms with Crippen LogP contribution < -0.4 is 0 Å². The van der Waals surface area contributed by atoms with E-state index in [2.05, 4.69) is 16.7 Å². The molecule has 3 nitrogen and oxygen atoms in total. The summed E-state index contributed by atoms with van der Waals surface area (Å²) in [6.45, 7) is 3.51. The molecule has 1 aromatic heterocycles. The fourth-order valence-electron chi connectivity index (χ4n) is 0.623. The number of hydrogen-bond acceptors (Lipinski definition) is 2. The summed E-state index contributed by atoms with van der Waals surface area (Å²) in [4.78, 5) is 4.04. The van der Waals surface area contributed by atoms with Gasteiger partial charge in [-0.25, -0.2) is 4.99 Å². The molecule has 1 rings (SSSR count). The predicted molar refractivity (Wildman–Crippen MR) is 41.6 cm³/mol. The van der Waals surface area contributed by atoms with Crippen LogP contribution in [0.4, 0.5) is 5.82 Å². The summed E-state index contributed by atoms with van der Waals surface area (Å²) in [5.74, 6) is 0.833. The highest BCUT2D eigenvalue weighted by atomic mass is 15.3. The van der Waals surface area contributed by atoms with Crippen LogP contribution in [0.15, 0.2) is 29.9 Å². The monoisotopic (exact) mass is 135 g/mol. The van der Waals surface area contributed by atoms with E-state index in [4.69, 9.17) is 0 Å². The number of allylic oxidation sites excluding steroid dienone is 1. The SMILES string of the molecule is C=CC=Nc1ccnn1C. The van der Waals surface area contributed by atoms with Gasteiger partial charge in [0.1, 0.15) is 5.82 Å². The van der Waals surface area contributed by atoms with E-state index in [0.717, 1.165) is 5.82 Å². The zero-order chi connectivity index (χ0) is 7.40. The number of rotatable bonds is 2. The van der Waals surface area contributed by atoms with Gasteiger partial charge in [0.2, 0.25) is 0 Å². The van der Waals surface area contributed by atoms with Gasteiger partial charge in [0.15, 0.2) is 0 Å². The number of hydrogen-bond donors (Lipinski definition) is 0. The molecule has 0 aromatic carbocycles. The summed E-state index contributed by atoms with van der Waals surface area (Å²) >= 11 is 0. The first kappa shape index (κ1) is 6.74. The van der Waals surface area contributed by atoms with Gasteiger partial charge in [-0.15, -0.1) is 0 Å². The Bertz CT molecular complexity index is 247. The Morgan fingerprint density at radius 3 is 3.10 bits per heavy atom. The number of aliphatic imine (C=N–C) groups is 1. The normalized spacial score (nSPS) is 10.5. The molecule has 0 saturated heterocycles. The van der Waals surface area contributed by atoms with Gasteiger partial charge in [-0.05, 0) is 0 Å². The lowest BCUT2D eigenvalue weighted by atomic mass is 10.6. The number of aromatic nitrogens is 2. The van der Waals surface area contributed by atoms with Gasteiger partial charge in [0.25, 0.3) is 0 Å². The fourth-order valence-corrected chi connectivity index (χ4v) is 0.623. The van der Waals surface area contributed by atoms with Crippen LogP contribution in [0.5, 0.6) is 0 Å². The zero-order valence-electron chi connectivity index (χ0n) is 5.86. The summed E-state index contributed by atoms with van der Waals surface area (Å²) in [5, 5.41) is 3.94. The zero-order valence-corrected chi connectivity index (χ0v) is 5.86. The molecule has 1 aromatic rings. The van der Waals surface area contributed by atoms with Gasteiger partial charge in [-0.3, -0.25) is 4.68 Å². The first-order valence-electron chi connectivity index (χ1n) is 2.97. The van der Waals surface area contributed by atoms with Crippen molar-refractivity contribution in [3.63, 3.8) is 0 Å². The molecule has 0 unspecified atom stereocenters. The van der Waals surface area contributed by atoms with Gasteiger partial charge in [-0.2, -0.15) is 5.10 Å². The third kappa shape index (κ3) is 1.31. The maximum Gasteiger partial charge on any atom is 0.150 e. The third-order valence-corrected chi connectivity index (χ3v) is 1.11. The molecule has 0 saturated carbocycles. The van der Waals surface area contributed by atoms with Crippen molar-refractivity contribution in [1.82, 2.24) is 9.78 Å². The molecular formula is C7H9N3. The Hall–Kier alpha value is -1.38. The van der Waals surface area contributed by atoms with Crippen molar-refractivity contribution in [1.29, 1.82) is 0 Å². The third-order valence-electron chi connectivity index (χ3n) is 1.11. The minimum Gasteiger partial charge on any atom is -0.251 e. The summed E-state index contributed by atoms with van der Waals surface area (Å²) in [6.07, 6.45) is 4.97. The maximum atomic E-state index is 4.04. The number of nitrogens with zero attached hydrogens (tertiary/aromatic N) is 3. The molecule has 0 spiro atoms. The average molecular weight is 135 g/mol. The first-order chi connectivity index (χ1) is 4.84. The smallest absolute Gasteiger partial charge is 0.150 e. The molecule has 1 heterocycles. The molecule has 0 fully saturated rings. The van der Waals surface area contributed by atoms with Crippen molar-refractivity contribution in [3.05, 3.63) is 24.9 Å². The molecular weight excluding hydrogens is 126 g/mol. The van der Waals surface area contributed by atoms with E-state index in [9.17, 15) is 0 Å². The minimum atomic E-state index is 0.833. The van der Waals surface area contributed by atoms with E-state index in [-0.39, 0.29) is 0 Å². The van der Waals surface area contributed by atoms with Gasteiger partial charge < -0.3 is 0 Å². The van der Waals surface area contributed by atoms with Crippen LogP contribution in [0.1, 0.15) is 0 Å². The standard InChI is InChI=1S/C7H9N3/c1-3-5-8-7-4-6-9-10(7)2/h3-6H,1H2,2H3. The van der Waals surface area contributed by atoms with Gasteiger partial charge in [0, 0.05) is 19.3 Å². The Balaban J connectivity index is 2.83. The van der Waals surface area contributed by atoms with E-state index < -0.39 is 0 Å². The molecule has 0 atom stereocenters. The second-order valence-corrected chi connectivity index (χ2v) is 1.83. The molecule has 3 heteroatoms. The minimum absolute atomic E-state index is 0.833. The second kappa shape index (κ2) is 2.96. The molecule has 0 aliphatic carbocycles. The fraction of sp³-hybridized carbons (Fsp3) is 0.143. The Kier molecular flexibility index (Phi) is 1.99. The molecule has 52 valence electrons. The summed E-state index contributed by atoms with van der Waals surface area (Å²) in [6, 6.07) is 1.83. The average Bonchev–Trinajstić information content (AvgIpc) is 2.31. The Morgan fingerprint density at radius 2 is 2.60 bits per heavy atom. The lowest BCUT2D eigenvalue weighted by Crippen LogP contribution is -1.87. The van der Waals surface area contributed by atoms with Crippen LogP contribution in [0.2, 0.25) is 0 Å². The van der Waals surface area contributed by atoms with Crippen molar-refractivity contribution in [2.45, 2.75) is 0 Å². The van der Waals surface area contributed by atoms with Crippen molar-refractivity contribution in [2.24, 2.45) is 12.0 Å². The lowest BCUT2D eigenvalue weighted by Gasteiger charge is -1.90. The second-order valence-electron chi connectivity index (χ2n) is 1.83. The van der Waals surface area contributed by atoms with E-state index in [1.54, 1.807) is 23.2 Å². The maximum absolute atomic E-state index is 4.04. The molecule has 0 N–H and O–H groups in total. The highest BCUT2D eigenvalue weighted by Gasteiger charge is 1.89. The van der Waals surface area contributed by atoms with Crippen molar-refractivity contribution < 1.29 is 0 Å². The van der Waals surface area contributed by atoms with Crippen LogP contribution in [0, 0.1) is 0 Å². The Labute approximate surface area is 59.7 Å². The largest absolute Gasteiger partial charge is 0.251 e. The predicted octanol–water partition coefficient (Wildman–Crippen LogP) is 1.31. The van der Waals surface area contributed by atoms with Gasteiger partial charge in [-0.1, -0.05) is 12.7 Å². The van der Waals surface area contributed by atoms with Gasteiger partial charge in [0.05, 0.1) is 6.20 Å². The van der Waals surface area contributed by atoms with Crippen LogP contribution in [-0.4, -0.2) is 16.0 Å². The summed E-state index contributed by atoms with van der Waals surface area (Å²) in [5.41, 5.74) is 0. The van der Waals surface area contributed by atoms with E-state index in [1.165, 1.54) is 0 Å². The number of aryl methyl sites for hydroxylation is 1. The van der Waals surface area contributed by atoms with E-state index in [0.29, 0.717) is 0 Å². The molecule has 0 bridgehead atoms. The molecule has 0 amide bonds. The summed E-state index contributed by atoms with van der Waals surface area (Å²) < 4.78 is 1.69.